The molecule has 0 saturated carbocycles. The van der Waals surface area contributed by atoms with E-state index in [1.165, 1.54) is 11.1 Å². The molecule has 1 heterocycles. The van der Waals surface area contributed by atoms with E-state index in [9.17, 15) is 4.79 Å². The lowest BCUT2D eigenvalue weighted by Gasteiger charge is -2.32. The second kappa shape index (κ2) is 9.70. The van der Waals surface area contributed by atoms with Crippen molar-refractivity contribution in [2.75, 3.05) is 13.1 Å². The molecule has 1 N–H and O–H groups in total. The Labute approximate surface area is 163 Å². The van der Waals surface area contributed by atoms with Gasteiger partial charge in [-0.05, 0) is 49.4 Å². The summed E-state index contributed by atoms with van der Waals surface area (Å²) in [6, 6.07) is 21.1. The van der Waals surface area contributed by atoms with Gasteiger partial charge in [-0.2, -0.15) is 0 Å². The Kier molecular flexibility index (Phi) is 7.05. The second-order valence-corrected chi connectivity index (χ2v) is 8.14. The lowest BCUT2D eigenvalue weighted by Crippen LogP contribution is -2.41. The van der Waals surface area contributed by atoms with E-state index < -0.39 is 0 Å². The Bertz CT molecular complexity index is 691. The highest BCUT2D eigenvalue weighted by molar-refractivity contribution is 5.79. The number of benzene rings is 2. The minimum absolute atomic E-state index is 0.112. The van der Waals surface area contributed by atoms with E-state index in [1.807, 2.05) is 6.07 Å². The van der Waals surface area contributed by atoms with Crippen LogP contribution in [0.4, 0.5) is 0 Å². The molecule has 1 amide bonds. The predicted octanol–water partition coefficient (Wildman–Crippen LogP) is 4.80. The van der Waals surface area contributed by atoms with Gasteiger partial charge in [0.05, 0.1) is 6.04 Å². The van der Waals surface area contributed by atoms with Gasteiger partial charge in [0.25, 0.3) is 0 Å². The van der Waals surface area contributed by atoms with Gasteiger partial charge in [-0.3, -0.25) is 9.69 Å². The minimum Gasteiger partial charge on any atom is -0.349 e. The number of hydrogen-bond acceptors (Lipinski definition) is 2. The first-order chi connectivity index (χ1) is 13.1. The Hall–Kier alpha value is -2.13. The van der Waals surface area contributed by atoms with Crippen LogP contribution in [0.3, 0.4) is 0 Å². The Morgan fingerprint density at radius 1 is 1.00 bits per heavy atom. The van der Waals surface area contributed by atoms with Gasteiger partial charge in [-0.1, -0.05) is 74.5 Å². The summed E-state index contributed by atoms with van der Waals surface area (Å²) in [5.41, 5.74) is 2.56. The quantitative estimate of drug-likeness (QED) is 0.765. The summed E-state index contributed by atoms with van der Waals surface area (Å²) in [5.74, 6) is 0.905. The highest BCUT2D eigenvalue weighted by Crippen LogP contribution is 2.24. The molecule has 3 heteroatoms. The third-order valence-electron chi connectivity index (χ3n) is 5.43. The van der Waals surface area contributed by atoms with E-state index in [2.05, 4.69) is 78.7 Å². The number of carbonyl (C=O) groups excluding carboxylic acids is 1. The smallest absolute Gasteiger partial charge is 0.223 e. The molecular weight excluding hydrogens is 332 g/mol. The molecule has 1 fully saturated rings. The van der Waals surface area contributed by atoms with Crippen LogP contribution in [0.1, 0.15) is 50.3 Å². The molecule has 1 atom stereocenters. The van der Waals surface area contributed by atoms with Gasteiger partial charge in [0.15, 0.2) is 0 Å². The van der Waals surface area contributed by atoms with Crippen molar-refractivity contribution in [1.82, 2.24) is 10.2 Å². The summed E-state index contributed by atoms with van der Waals surface area (Å²) < 4.78 is 0. The summed E-state index contributed by atoms with van der Waals surface area (Å²) >= 11 is 0. The molecular formula is C24H32N2O. The van der Waals surface area contributed by atoms with Crippen LogP contribution in [-0.4, -0.2) is 23.9 Å². The fourth-order valence-corrected chi connectivity index (χ4v) is 3.92. The van der Waals surface area contributed by atoms with Crippen LogP contribution in [0.2, 0.25) is 0 Å². The summed E-state index contributed by atoms with van der Waals surface area (Å²) in [4.78, 5) is 15.4. The zero-order valence-corrected chi connectivity index (χ0v) is 16.6. The van der Waals surface area contributed by atoms with Gasteiger partial charge in [0.2, 0.25) is 5.91 Å². The molecule has 0 aromatic heterocycles. The standard InChI is InChI=1S/C24H32N2O/c1-19(2)17-23(21-11-7-4-8-12-21)25-24(27)22-13-15-26(16-14-22)18-20-9-5-3-6-10-20/h3-12,19,22-23H,13-18H2,1-2H3,(H,25,27)/t23-/m1/s1. The van der Waals surface area contributed by atoms with E-state index in [-0.39, 0.29) is 17.9 Å². The van der Waals surface area contributed by atoms with Crippen LogP contribution in [0.25, 0.3) is 0 Å². The van der Waals surface area contributed by atoms with Crippen LogP contribution in [-0.2, 0) is 11.3 Å². The maximum Gasteiger partial charge on any atom is 0.223 e. The van der Waals surface area contributed by atoms with Crippen LogP contribution in [0, 0.1) is 11.8 Å². The van der Waals surface area contributed by atoms with E-state index >= 15 is 0 Å². The monoisotopic (exact) mass is 364 g/mol. The van der Waals surface area contributed by atoms with Crippen molar-refractivity contribution in [3.8, 4) is 0 Å². The predicted molar refractivity (Wildman–Crippen MR) is 111 cm³/mol. The van der Waals surface area contributed by atoms with E-state index in [1.54, 1.807) is 0 Å². The van der Waals surface area contributed by atoms with Gasteiger partial charge in [0.1, 0.15) is 0 Å². The van der Waals surface area contributed by atoms with Crippen LogP contribution in [0.15, 0.2) is 60.7 Å². The molecule has 1 aliphatic rings. The van der Waals surface area contributed by atoms with Crippen LogP contribution in [0.5, 0.6) is 0 Å². The molecule has 3 rings (SSSR count). The van der Waals surface area contributed by atoms with Crippen molar-refractivity contribution in [3.05, 3.63) is 71.8 Å². The molecule has 3 nitrogen and oxygen atoms in total. The number of piperidine rings is 1. The Balaban J connectivity index is 1.53. The zero-order chi connectivity index (χ0) is 19.1. The van der Waals surface area contributed by atoms with Gasteiger partial charge in [-0.15, -0.1) is 0 Å². The number of likely N-dealkylation sites (tertiary alicyclic amines) is 1. The largest absolute Gasteiger partial charge is 0.349 e. The summed E-state index contributed by atoms with van der Waals surface area (Å²) in [5, 5.41) is 3.34. The highest BCUT2D eigenvalue weighted by Gasteiger charge is 2.27. The average molecular weight is 365 g/mol. The number of hydrogen-bond donors (Lipinski definition) is 1. The fraction of sp³-hybridized carbons (Fsp3) is 0.458. The van der Waals surface area contributed by atoms with Crippen molar-refractivity contribution < 1.29 is 4.79 Å². The molecule has 0 aliphatic carbocycles. The van der Waals surface area contributed by atoms with Crippen LogP contribution >= 0.6 is 0 Å². The number of carbonyl (C=O) groups is 1. The summed E-state index contributed by atoms with van der Waals surface area (Å²) in [7, 11) is 0. The van der Waals surface area contributed by atoms with E-state index in [0.717, 1.165) is 38.9 Å². The third-order valence-corrected chi connectivity index (χ3v) is 5.43. The zero-order valence-electron chi connectivity index (χ0n) is 16.6. The number of nitrogens with zero attached hydrogens (tertiary/aromatic N) is 1. The number of rotatable bonds is 7. The lowest BCUT2D eigenvalue weighted by molar-refractivity contribution is -0.127. The minimum atomic E-state index is 0.112. The lowest BCUT2D eigenvalue weighted by atomic mass is 9.93. The first-order valence-electron chi connectivity index (χ1n) is 10.2. The van der Waals surface area contributed by atoms with Crippen molar-refractivity contribution in [1.29, 1.82) is 0 Å². The molecule has 0 unspecified atom stereocenters. The molecule has 0 bridgehead atoms. The third kappa shape index (κ3) is 5.93. The van der Waals surface area contributed by atoms with E-state index in [4.69, 9.17) is 0 Å². The van der Waals surface area contributed by atoms with Gasteiger partial charge in [-0.25, -0.2) is 0 Å². The van der Waals surface area contributed by atoms with Gasteiger partial charge >= 0.3 is 0 Å². The molecule has 2 aromatic carbocycles. The molecule has 0 radical (unpaired) electrons. The first kappa shape index (κ1) is 19.6. The van der Waals surface area contributed by atoms with Gasteiger partial charge < -0.3 is 5.32 Å². The first-order valence-corrected chi connectivity index (χ1v) is 10.2. The average Bonchev–Trinajstić information content (AvgIpc) is 2.69. The molecule has 0 spiro atoms. The number of amides is 1. The molecule has 27 heavy (non-hydrogen) atoms. The van der Waals surface area contributed by atoms with Crippen molar-refractivity contribution >= 4 is 5.91 Å². The molecule has 1 aliphatic heterocycles. The Morgan fingerprint density at radius 3 is 2.19 bits per heavy atom. The Morgan fingerprint density at radius 2 is 1.59 bits per heavy atom. The number of nitrogens with one attached hydrogen (secondary N) is 1. The fourth-order valence-electron chi connectivity index (χ4n) is 3.92. The normalized spacial score (nSPS) is 17.0. The topological polar surface area (TPSA) is 32.3 Å². The van der Waals surface area contributed by atoms with Gasteiger partial charge in [0, 0.05) is 12.5 Å². The van der Waals surface area contributed by atoms with Crippen LogP contribution < -0.4 is 5.32 Å². The summed E-state index contributed by atoms with van der Waals surface area (Å²) in [6.07, 6.45) is 2.87. The maximum atomic E-state index is 12.9. The maximum absolute atomic E-state index is 12.9. The van der Waals surface area contributed by atoms with Crippen molar-refractivity contribution in [3.63, 3.8) is 0 Å². The molecule has 2 aromatic rings. The SMILES string of the molecule is CC(C)C[C@@H](NC(=O)C1CCN(Cc2ccccc2)CC1)c1ccccc1. The van der Waals surface area contributed by atoms with E-state index in [0.29, 0.717) is 5.92 Å². The van der Waals surface area contributed by atoms with Crippen molar-refractivity contribution in [2.24, 2.45) is 11.8 Å². The second-order valence-electron chi connectivity index (χ2n) is 8.14. The molecule has 1 saturated heterocycles. The van der Waals surface area contributed by atoms with Crippen molar-refractivity contribution in [2.45, 2.75) is 45.7 Å². The highest BCUT2D eigenvalue weighted by atomic mass is 16.1. The molecule has 144 valence electrons. The summed E-state index contributed by atoms with van der Waals surface area (Å²) in [6.45, 7) is 7.39.